The molecule has 1 aromatic rings. The molecule has 0 N–H and O–H groups in total. The molecule has 2 fully saturated rings. The summed E-state index contributed by atoms with van der Waals surface area (Å²) in [6, 6.07) is 10.3. The molecule has 0 aromatic heterocycles. The van der Waals surface area contributed by atoms with Crippen molar-refractivity contribution < 1.29 is 19.1 Å². The third-order valence-corrected chi connectivity index (χ3v) is 5.97. The number of piperidine rings is 2. The first-order chi connectivity index (χ1) is 14.3. The molecule has 6 heteroatoms. The van der Waals surface area contributed by atoms with Gasteiger partial charge in [0.15, 0.2) is 0 Å². The van der Waals surface area contributed by atoms with Crippen molar-refractivity contribution in [3.05, 3.63) is 35.9 Å². The topological polar surface area (TPSA) is 59.1 Å². The molecule has 166 valence electrons. The SMILES string of the molecule is CC(C)(C)OC(=O)CC1CCN(C2CCN(C(=O)OCc3ccccc3)CC2)CC1. The Labute approximate surface area is 180 Å². The Hall–Kier alpha value is -2.08. The van der Waals surface area contributed by atoms with Gasteiger partial charge in [0.1, 0.15) is 12.2 Å². The van der Waals surface area contributed by atoms with Gasteiger partial charge in [0, 0.05) is 25.6 Å². The van der Waals surface area contributed by atoms with Crippen LogP contribution in [0.15, 0.2) is 30.3 Å². The third-order valence-electron chi connectivity index (χ3n) is 5.97. The molecule has 0 bridgehead atoms. The fourth-order valence-electron chi connectivity index (χ4n) is 4.37. The minimum Gasteiger partial charge on any atom is -0.460 e. The van der Waals surface area contributed by atoms with Crippen LogP contribution < -0.4 is 0 Å². The van der Waals surface area contributed by atoms with E-state index in [2.05, 4.69) is 4.90 Å². The van der Waals surface area contributed by atoms with Crippen LogP contribution in [0.25, 0.3) is 0 Å². The highest BCUT2D eigenvalue weighted by molar-refractivity contribution is 5.70. The Morgan fingerprint density at radius 2 is 1.60 bits per heavy atom. The van der Waals surface area contributed by atoms with Gasteiger partial charge < -0.3 is 19.3 Å². The van der Waals surface area contributed by atoms with Crippen molar-refractivity contribution in [2.75, 3.05) is 26.2 Å². The van der Waals surface area contributed by atoms with E-state index in [4.69, 9.17) is 9.47 Å². The highest BCUT2D eigenvalue weighted by atomic mass is 16.6. The predicted molar refractivity (Wildman–Crippen MR) is 116 cm³/mol. The van der Waals surface area contributed by atoms with Gasteiger partial charge in [-0.05, 0) is 71.0 Å². The van der Waals surface area contributed by atoms with Gasteiger partial charge in [-0.3, -0.25) is 4.79 Å². The van der Waals surface area contributed by atoms with Crippen LogP contribution in [0.3, 0.4) is 0 Å². The molecule has 3 rings (SSSR count). The minimum absolute atomic E-state index is 0.0803. The van der Waals surface area contributed by atoms with Gasteiger partial charge in [-0.2, -0.15) is 0 Å². The summed E-state index contributed by atoms with van der Waals surface area (Å²) in [6.45, 7) is 9.61. The maximum Gasteiger partial charge on any atom is 0.410 e. The minimum atomic E-state index is -0.409. The summed E-state index contributed by atoms with van der Waals surface area (Å²) < 4.78 is 10.9. The van der Waals surface area contributed by atoms with Crippen LogP contribution in [0, 0.1) is 5.92 Å². The second-order valence-electron chi connectivity index (χ2n) is 9.53. The normalized spacial score (nSPS) is 19.5. The molecule has 0 spiro atoms. The molecule has 2 heterocycles. The van der Waals surface area contributed by atoms with Gasteiger partial charge in [0.05, 0.1) is 0 Å². The number of ether oxygens (including phenoxy) is 2. The zero-order valence-electron chi connectivity index (χ0n) is 18.6. The molecule has 2 saturated heterocycles. The molecule has 0 aliphatic carbocycles. The molecule has 0 unspecified atom stereocenters. The monoisotopic (exact) mass is 416 g/mol. The van der Waals surface area contributed by atoms with E-state index >= 15 is 0 Å². The molecule has 0 atom stereocenters. The Balaban J connectivity index is 1.35. The van der Waals surface area contributed by atoms with Crippen LogP contribution in [-0.4, -0.2) is 59.7 Å². The lowest BCUT2D eigenvalue weighted by atomic mass is 9.91. The van der Waals surface area contributed by atoms with E-state index in [1.54, 1.807) is 0 Å². The summed E-state index contributed by atoms with van der Waals surface area (Å²) in [5.74, 6) is 0.340. The number of amides is 1. The summed E-state index contributed by atoms with van der Waals surface area (Å²) in [6.07, 6.45) is 4.36. The van der Waals surface area contributed by atoms with Crippen molar-refractivity contribution in [3.63, 3.8) is 0 Å². The Morgan fingerprint density at radius 1 is 0.967 bits per heavy atom. The van der Waals surface area contributed by atoms with Crippen molar-refractivity contribution in [1.82, 2.24) is 9.80 Å². The highest BCUT2D eigenvalue weighted by Crippen LogP contribution is 2.27. The van der Waals surface area contributed by atoms with E-state index in [0.717, 1.165) is 57.4 Å². The lowest BCUT2D eigenvalue weighted by Crippen LogP contribution is -2.49. The molecule has 1 amide bonds. The fourth-order valence-corrected chi connectivity index (χ4v) is 4.37. The molecular weight excluding hydrogens is 380 g/mol. The first kappa shape index (κ1) is 22.6. The van der Waals surface area contributed by atoms with Gasteiger partial charge in [0.2, 0.25) is 0 Å². The average Bonchev–Trinajstić information content (AvgIpc) is 2.72. The number of esters is 1. The summed E-state index contributed by atoms with van der Waals surface area (Å²) >= 11 is 0. The number of nitrogens with zero attached hydrogens (tertiary/aromatic N) is 2. The maximum absolute atomic E-state index is 12.3. The van der Waals surface area contributed by atoms with Crippen molar-refractivity contribution in [2.24, 2.45) is 5.92 Å². The van der Waals surface area contributed by atoms with Crippen molar-refractivity contribution >= 4 is 12.1 Å². The van der Waals surface area contributed by atoms with Gasteiger partial charge in [-0.15, -0.1) is 0 Å². The molecule has 0 radical (unpaired) electrons. The van der Waals surface area contributed by atoms with Crippen LogP contribution in [0.2, 0.25) is 0 Å². The van der Waals surface area contributed by atoms with Crippen molar-refractivity contribution in [1.29, 1.82) is 0 Å². The number of benzene rings is 1. The standard InChI is InChI=1S/C24H36N2O4/c1-24(2,3)30-22(27)17-19-9-13-25(14-10-19)21-11-15-26(16-12-21)23(28)29-18-20-7-5-4-6-8-20/h4-8,19,21H,9-18H2,1-3H3. The summed E-state index contributed by atoms with van der Waals surface area (Å²) in [7, 11) is 0. The predicted octanol–water partition coefficient (Wildman–Crippen LogP) is 4.23. The molecule has 6 nitrogen and oxygen atoms in total. The van der Waals surface area contributed by atoms with Crippen molar-refractivity contribution in [3.8, 4) is 0 Å². The number of hydrogen-bond acceptors (Lipinski definition) is 5. The van der Waals surface area contributed by atoms with E-state index in [0.29, 0.717) is 25.0 Å². The lowest BCUT2D eigenvalue weighted by Gasteiger charge is -2.41. The summed E-state index contributed by atoms with van der Waals surface area (Å²) in [4.78, 5) is 28.8. The largest absolute Gasteiger partial charge is 0.460 e. The van der Waals surface area contributed by atoms with E-state index in [9.17, 15) is 9.59 Å². The summed E-state index contributed by atoms with van der Waals surface area (Å²) in [5.41, 5.74) is 0.601. The zero-order valence-corrected chi connectivity index (χ0v) is 18.6. The first-order valence-corrected chi connectivity index (χ1v) is 11.2. The molecule has 2 aliphatic heterocycles. The van der Waals surface area contributed by atoms with Crippen molar-refractivity contribution in [2.45, 2.75) is 71.1 Å². The van der Waals surface area contributed by atoms with Crippen LogP contribution in [0.5, 0.6) is 0 Å². The number of hydrogen-bond donors (Lipinski definition) is 0. The van der Waals surface area contributed by atoms with E-state index < -0.39 is 5.60 Å². The summed E-state index contributed by atoms with van der Waals surface area (Å²) in [5, 5.41) is 0. The average molecular weight is 417 g/mol. The second kappa shape index (κ2) is 10.3. The molecule has 0 saturated carbocycles. The van der Waals surface area contributed by atoms with E-state index in [-0.39, 0.29) is 12.1 Å². The Kier molecular flexibility index (Phi) is 7.75. The molecule has 2 aliphatic rings. The van der Waals surface area contributed by atoms with E-state index in [1.807, 2.05) is 56.0 Å². The Bertz CT molecular complexity index is 685. The van der Waals surface area contributed by atoms with Crippen LogP contribution >= 0.6 is 0 Å². The Morgan fingerprint density at radius 3 is 2.20 bits per heavy atom. The number of likely N-dealkylation sites (tertiary alicyclic amines) is 2. The van der Waals surface area contributed by atoms with Crippen LogP contribution in [-0.2, 0) is 20.9 Å². The second-order valence-corrected chi connectivity index (χ2v) is 9.53. The quantitative estimate of drug-likeness (QED) is 0.672. The van der Waals surface area contributed by atoms with Gasteiger partial charge in [-0.25, -0.2) is 4.79 Å². The number of rotatable bonds is 5. The van der Waals surface area contributed by atoms with Gasteiger partial charge >= 0.3 is 12.1 Å². The van der Waals surface area contributed by atoms with Gasteiger partial charge in [-0.1, -0.05) is 30.3 Å². The number of carbonyl (C=O) groups is 2. The lowest BCUT2D eigenvalue weighted by molar-refractivity contribution is -0.156. The number of carbonyl (C=O) groups excluding carboxylic acids is 2. The first-order valence-electron chi connectivity index (χ1n) is 11.2. The molecule has 30 heavy (non-hydrogen) atoms. The molecule has 1 aromatic carbocycles. The third kappa shape index (κ3) is 7.01. The fraction of sp³-hybridized carbons (Fsp3) is 0.667. The highest BCUT2D eigenvalue weighted by Gasteiger charge is 2.31. The molecular formula is C24H36N2O4. The maximum atomic E-state index is 12.3. The van der Waals surface area contributed by atoms with E-state index in [1.165, 1.54) is 0 Å². The van der Waals surface area contributed by atoms with Gasteiger partial charge in [0.25, 0.3) is 0 Å². The zero-order chi connectivity index (χ0) is 21.6. The van der Waals surface area contributed by atoms with Crippen LogP contribution in [0.1, 0.15) is 58.4 Å². The van der Waals surface area contributed by atoms with Crippen LogP contribution in [0.4, 0.5) is 4.79 Å². The smallest absolute Gasteiger partial charge is 0.410 e.